The van der Waals surface area contributed by atoms with E-state index in [9.17, 15) is 4.79 Å². The molecule has 1 atom stereocenters. The third-order valence-corrected chi connectivity index (χ3v) is 3.86. The van der Waals surface area contributed by atoms with Crippen LogP contribution in [-0.2, 0) is 0 Å². The summed E-state index contributed by atoms with van der Waals surface area (Å²) in [6.07, 6.45) is 2.08. The van der Waals surface area contributed by atoms with Crippen molar-refractivity contribution in [2.45, 2.75) is 19.9 Å². The first kappa shape index (κ1) is 16.1. The van der Waals surface area contributed by atoms with Crippen molar-refractivity contribution in [3.05, 3.63) is 29.8 Å². The molecule has 0 saturated carbocycles. The van der Waals surface area contributed by atoms with E-state index in [-0.39, 0.29) is 5.78 Å². The number of likely N-dealkylation sites (N-methyl/N-ethyl adjacent to an activating group) is 1. The molecule has 3 nitrogen and oxygen atoms in total. The second kappa shape index (κ2) is 8.23. The number of nitrogens with zero attached hydrogens (tertiary/aromatic N) is 1. The molecular formula is C15H23NO2S. The summed E-state index contributed by atoms with van der Waals surface area (Å²) in [5.41, 5.74) is 0.742. The Kier molecular flexibility index (Phi) is 6.95. The fourth-order valence-electron chi connectivity index (χ4n) is 1.75. The summed E-state index contributed by atoms with van der Waals surface area (Å²) in [6, 6.07) is 7.77. The molecule has 1 unspecified atom stereocenters. The third-order valence-electron chi connectivity index (χ3n) is 3.04. The number of ketones is 1. The van der Waals surface area contributed by atoms with Gasteiger partial charge in [-0.15, -0.1) is 0 Å². The first-order valence-corrected chi connectivity index (χ1v) is 7.93. The van der Waals surface area contributed by atoms with Gasteiger partial charge in [0.2, 0.25) is 0 Å². The Bertz CT molecular complexity index is 392. The van der Waals surface area contributed by atoms with Crippen molar-refractivity contribution in [3.63, 3.8) is 0 Å². The molecule has 0 amide bonds. The summed E-state index contributed by atoms with van der Waals surface area (Å²) in [5, 5.41) is 0. The maximum absolute atomic E-state index is 12.1. The van der Waals surface area contributed by atoms with Gasteiger partial charge in [-0.2, -0.15) is 11.8 Å². The Morgan fingerprint density at radius 1 is 1.37 bits per heavy atom. The van der Waals surface area contributed by atoms with Crippen LogP contribution in [0.15, 0.2) is 24.3 Å². The molecule has 1 aromatic rings. The van der Waals surface area contributed by atoms with Crippen molar-refractivity contribution in [2.24, 2.45) is 0 Å². The Morgan fingerprint density at radius 2 is 2.00 bits per heavy atom. The molecule has 0 saturated heterocycles. The number of carbonyl (C=O) groups is 1. The summed E-state index contributed by atoms with van der Waals surface area (Å²) in [5.74, 6) is 1.99. The van der Waals surface area contributed by atoms with E-state index in [2.05, 4.69) is 18.1 Å². The Balaban J connectivity index is 2.57. The van der Waals surface area contributed by atoms with E-state index in [0.717, 1.165) is 17.1 Å². The minimum Gasteiger partial charge on any atom is -0.494 e. The molecule has 1 rings (SSSR count). The van der Waals surface area contributed by atoms with Crippen LogP contribution in [0.3, 0.4) is 0 Å². The lowest BCUT2D eigenvalue weighted by molar-refractivity contribution is 0.0931. The largest absolute Gasteiger partial charge is 0.494 e. The van der Waals surface area contributed by atoms with E-state index in [4.69, 9.17) is 4.74 Å². The van der Waals surface area contributed by atoms with Crippen LogP contribution in [0.5, 0.6) is 5.75 Å². The normalized spacial score (nSPS) is 12.5. The van der Waals surface area contributed by atoms with E-state index >= 15 is 0 Å². The highest BCUT2D eigenvalue weighted by atomic mass is 32.2. The number of Topliss-reactive ketones (excluding diaryl/α,β-unsaturated/α-hetero) is 1. The molecule has 0 aromatic heterocycles. The fraction of sp³-hybridized carbons (Fsp3) is 0.533. The predicted molar refractivity (Wildman–Crippen MR) is 82.4 cm³/mol. The average Bonchev–Trinajstić information content (AvgIpc) is 2.40. The van der Waals surface area contributed by atoms with Crippen molar-refractivity contribution in [3.8, 4) is 5.75 Å². The van der Waals surface area contributed by atoms with Crippen molar-refractivity contribution in [1.29, 1.82) is 0 Å². The highest BCUT2D eigenvalue weighted by molar-refractivity contribution is 7.98. The minimum absolute atomic E-state index is 0.151. The Labute approximate surface area is 120 Å². The highest BCUT2D eigenvalue weighted by Crippen LogP contribution is 2.13. The predicted octanol–water partition coefficient (Wildman–Crippen LogP) is 2.95. The number of thioether (sulfide) groups is 1. The summed E-state index contributed by atoms with van der Waals surface area (Å²) >= 11 is 1.80. The molecule has 0 spiro atoms. The van der Waals surface area contributed by atoms with Gasteiger partial charge in [0.05, 0.1) is 13.2 Å². The summed E-state index contributed by atoms with van der Waals surface area (Å²) in [4.78, 5) is 14.2. The molecular weight excluding hydrogens is 258 g/mol. The Hall–Kier alpha value is -1.00. The lowest BCUT2D eigenvalue weighted by atomic mass is 10.1. The zero-order valence-corrected chi connectivity index (χ0v) is 13.0. The minimum atomic E-state index is 0.151. The quantitative estimate of drug-likeness (QED) is 0.685. The third kappa shape index (κ3) is 5.25. The molecule has 0 radical (unpaired) electrons. The van der Waals surface area contributed by atoms with Gasteiger partial charge in [-0.25, -0.2) is 0 Å². The molecule has 0 fully saturated rings. The second-order valence-electron chi connectivity index (χ2n) is 4.60. The molecule has 4 heteroatoms. The van der Waals surface area contributed by atoms with Crippen molar-refractivity contribution < 1.29 is 9.53 Å². The maximum Gasteiger partial charge on any atom is 0.176 e. The smallest absolute Gasteiger partial charge is 0.176 e. The number of hydrogen-bond donors (Lipinski definition) is 0. The standard InChI is InChI=1S/C15H23NO2S/c1-5-18-14-8-6-13(7-9-14)15(17)10-16(3)12(2)11-19-4/h6-9,12H,5,10-11H2,1-4H3. The zero-order chi connectivity index (χ0) is 14.3. The first-order valence-electron chi connectivity index (χ1n) is 6.53. The van der Waals surface area contributed by atoms with Crippen LogP contribution < -0.4 is 4.74 Å². The van der Waals surface area contributed by atoms with E-state index in [1.807, 2.05) is 38.2 Å². The summed E-state index contributed by atoms with van der Waals surface area (Å²) in [7, 11) is 1.99. The molecule has 0 bridgehead atoms. The maximum atomic E-state index is 12.1. The van der Waals surface area contributed by atoms with Crippen molar-refractivity contribution >= 4 is 17.5 Å². The second-order valence-corrected chi connectivity index (χ2v) is 5.51. The highest BCUT2D eigenvalue weighted by Gasteiger charge is 2.14. The van der Waals surface area contributed by atoms with Crippen LogP contribution in [0.2, 0.25) is 0 Å². The molecule has 106 valence electrons. The molecule has 1 aromatic carbocycles. The lowest BCUT2D eigenvalue weighted by Crippen LogP contribution is -2.35. The van der Waals surface area contributed by atoms with E-state index in [0.29, 0.717) is 19.2 Å². The molecule has 19 heavy (non-hydrogen) atoms. The monoisotopic (exact) mass is 281 g/mol. The topological polar surface area (TPSA) is 29.5 Å². The van der Waals surface area contributed by atoms with Crippen LogP contribution in [0.25, 0.3) is 0 Å². The van der Waals surface area contributed by atoms with Crippen LogP contribution in [0.1, 0.15) is 24.2 Å². The molecule has 0 heterocycles. The van der Waals surface area contributed by atoms with E-state index < -0.39 is 0 Å². The van der Waals surface area contributed by atoms with Gasteiger partial charge >= 0.3 is 0 Å². The van der Waals surface area contributed by atoms with Gasteiger partial charge < -0.3 is 4.74 Å². The Morgan fingerprint density at radius 3 is 2.53 bits per heavy atom. The van der Waals surface area contributed by atoms with Crippen molar-refractivity contribution in [1.82, 2.24) is 4.90 Å². The molecule has 0 N–H and O–H groups in total. The first-order chi connectivity index (χ1) is 9.08. The molecule has 0 aliphatic rings. The number of benzene rings is 1. The lowest BCUT2D eigenvalue weighted by Gasteiger charge is -2.23. The number of rotatable bonds is 8. The number of carbonyl (C=O) groups excluding carboxylic acids is 1. The SMILES string of the molecule is CCOc1ccc(C(=O)CN(C)C(C)CSC)cc1. The van der Waals surface area contributed by atoms with Gasteiger partial charge in [-0.3, -0.25) is 9.69 Å². The van der Waals surface area contributed by atoms with Crippen LogP contribution in [0, 0.1) is 0 Å². The van der Waals surface area contributed by atoms with Gasteiger partial charge in [0.1, 0.15) is 5.75 Å². The summed E-state index contributed by atoms with van der Waals surface area (Å²) in [6.45, 7) is 5.18. The van der Waals surface area contributed by atoms with Gasteiger partial charge in [0.15, 0.2) is 5.78 Å². The van der Waals surface area contributed by atoms with Crippen molar-refractivity contribution in [2.75, 3.05) is 32.2 Å². The van der Waals surface area contributed by atoms with Crippen LogP contribution in [-0.4, -0.2) is 48.9 Å². The average molecular weight is 281 g/mol. The number of ether oxygens (including phenoxy) is 1. The van der Waals surface area contributed by atoms with Gasteiger partial charge in [-0.1, -0.05) is 0 Å². The van der Waals surface area contributed by atoms with Gasteiger partial charge in [-0.05, 0) is 51.4 Å². The van der Waals surface area contributed by atoms with Crippen LogP contribution >= 0.6 is 11.8 Å². The molecule has 0 aliphatic carbocycles. The summed E-state index contributed by atoms with van der Waals surface area (Å²) < 4.78 is 5.37. The molecule has 0 aliphatic heterocycles. The van der Waals surface area contributed by atoms with Gasteiger partial charge in [0, 0.05) is 17.4 Å². The zero-order valence-electron chi connectivity index (χ0n) is 12.2. The van der Waals surface area contributed by atoms with E-state index in [1.54, 1.807) is 11.8 Å². The van der Waals surface area contributed by atoms with E-state index in [1.165, 1.54) is 0 Å². The number of hydrogen-bond acceptors (Lipinski definition) is 4. The fourth-order valence-corrected chi connectivity index (χ4v) is 2.48. The van der Waals surface area contributed by atoms with Gasteiger partial charge in [0.25, 0.3) is 0 Å². The van der Waals surface area contributed by atoms with Crippen LogP contribution in [0.4, 0.5) is 0 Å².